The molecule has 184 valence electrons. The van der Waals surface area contributed by atoms with Crippen LogP contribution in [0.15, 0.2) is 22.8 Å². The van der Waals surface area contributed by atoms with Crippen molar-refractivity contribution in [3.05, 3.63) is 22.8 Å². The fraction of sp³-hybridized carbons (Fsp3) is 0.733. The zero-order valence-electron chi connectivity index (χ0n) is 20.6. The Morgan fingerprint density at radius 2 is 1.18 bits per heavy atom. The Kier molecular flexibility index (Phi) is 7.32. The first kappa shape index (κ1) is 23.9. The first-order chi connectivity index (χ1) is 16.4. The van der Waals surface area contributed by atoms with Gasteiger partial charge in [-0.25, -0.2) is 0 Å². The van der Waals surface area contributed by atoms with E-state index < -0.39 is 0 Å². The van der Waals surface area contributed by atoms with Crippen molar-refractivity contribution in [3.63, 3.8) is 0 Å². The lowest BCUT2D eigenvalue weighted by atomic mass is 9.69. The predicted octanol–water partition coefficient (Wildman–Crippen LogP) is 6.27. The zero-order valence-corrected chi connectivity index (χ0v) is 20.6. The quantitative estimate of drug-likeness (QED) is 0.452. The molecule has 0 amide bonds. The van der Waals surface area contributed by atoms with Gasteiger partial charge in [0.1, 0.15) is 17.3 Å². The number of rotatable bonds is 2. The Hall–Kier alpha value is -1.84. The number of Topliss-reactive ketones (excluding diaryl/α,β-unsaturated/α-hetero) is 3. The number of hydrogen-bond donors (Lipinski definition) is 0. The number of carbonyl (C=O) groups is 4. The fourth-order valence-corrected chi connectivity index (χ4v) is 7.81. The minimum Gasteiger partial charge on any atom is -0.300 e. The van der Waals surface area contributed by atoms with E-state index in [1.165, 1.54) is 36.8 Å². The van der Waals surface area contributed by atoms with Crippen LogP contribution < -0.4 is 0 Å². The highest BCUT2D eigenvalue weighted by molar-refractivity contribution is 5.91. The first-order valence-corrected chi connectivity index (χ1v) is 13.9. The largest absolute Gasteiger partial charge is 0.300 e. The standard InChI is InChI=1S/2C15H20O2/c2*16-14-5-3-11-7-10(1-2-12(11)8-14)13-4-6-15(17)9-13/h10,13H,1-9H2;8,10-11,13H,1-7,9H2. The Bertz CT molecular complexity index is 922. The summed E-state index contributed by atoms with van der Waals surface area (Å²) < 4.78 is 0. The lowest BCUT2D eigenvalue weighted by molar-refractivity contribution is -0.119. The molecule has 5 unspecified atom stereocenters. The molecule has 0 bridgehead atoms. The van der Waals surface area contributed by atoms with Crippen molar-refractivity contribution in [2.75, 3.05) is 0 Å². The van der Waals surface area contributed by atoms with Crippen molar-refractivity contribution >= 4 is 23.1 Å². The van der Waals surface area contributed by atoms with Gasteiger partial charge in [-0.05, 0) is 99.9 Å². The maximum Gasteiger partial charge on any atom is 0.155 e. The van der Waals surface area contributed by atoms with Crippen molar-refractivity contribution in [2.24, 2.45) is 29.6 Å². The van der Waals surface area contributed by atoms with Crippen LogP contribution in [0.4, 0.5) is 0 Å². The molecule has 0 saturated heterocycles. The van der Waals surface area contributed by atoms with Crippen molar-refractivity contribution in [2.45, 2.75) is 109 Å². The number of hydrogen-bond acceptors (Lipinski definition) is 4. The summed E-state index contributed by atoms with van der Waals surface area (Å²) in [6.07, 6.45) is 18.8. The average molecular weight is 465 g/mol. The Labute approximate surface area is 204 Å². The van der Waals surface area contributed by atoms with E-state index in [0.29, 0.717) is 40.9 Å². The molecule has 4 heteroatoms. The number of ketones is 4. The fourth-order valence-electron chi connectivity index (χ4n) is 7.81. The highest BCUT2D eigenvalue weighted by Crippen LogP contribution is 2.45. The molecule has 0 N–H and O–H groups in total. The molecule has 6 rings (SSSR count). The van der Waals surface area contributed by atoms with E-state index >= 15 is 0 Å². The minimum atomic E-state index is 0.325. The summed E-state index contributed by atoms with van der Waals surface area (Å²) in [4.78, 5) is 45.5. The highest BCUT2D eigenvalue weighted by atomic mass is 16.1. The van der Waals surface area contributed by atoms with Gasteiger partial charge in [0, 0.05) is 44.9 Å². The third-order valence-electron chi connectivity index (χ3n) is 9.84. The maximum absolute atomic E-state index is 11.4. The Balaban J connectivity index is 0.000000142. The molecule has 0 aromatic heterocycles. The molecule has 0 aliphatic heterocycles. The van der Waals surface area contributed by atoms with Gasteiger partial charge >= 0.3 is 0 Å². The van der Waals surface area contributed by atoms with Gasteiger partial charge in [0.05, 0.1) is 0 Å². The zero-order chi connectivity index (χ0) is 23.7. The van der Waals surface area contributed by atoms with E-state index in [1.54, 1.807) is 5.57 Å². The SMILES string of the molecule is O=C1C=C2CCC(C3CCC(=O)C3)CC2CC1.O=C1CCC2=C(CCC(C3CCC(=O)C3)C2)C1. The summed E-state index contributed by atoms with van der Waals surface area (Å²) in [5.41, 5.74) is 4.42. The molecule has 34 heavy (non-hydrogen) atoms. The van der Waals surface area contributed by atoms with Gasteiger partial charge < -0.3 is 0 Å². The first-order valence-electron chi connectivity index (χ1n) is 13.9. The topological polar surface area (TPSA) is 68.3 Å². The Morgan fingerprint density at radius 1 is 0.529 bits per heavy atom. The minimum absolute atomic E-state index is 0.325. The van der Waals surface area contributed by atoms with Gasteiger partial charge in [-0.15, -0.1) is 0 Å². The third-order valence-corrected chi connectivity index (χ3v) is 9.84. The molecule has 0 aromatic carbocycles. The van der Waals surface area contributed by atoms with Crippen LogP contribution in [0.2, 0.25) is 0 Å². The predicted molar refractivity (Wildman–Crippen MR) is 131 cm³/mol. The van der Waals surface area contributed by atoms with Crippen molar-refractivity contribution in [1.82, 2.24) is 0 Å². The van der Waals surface area contributed by atoms with Crippen molar-refractivity contribution in [3.8, 4) is 0 Å². The molecule has 6 aliphatic rings. The summed E-state index contributed by atoms with van der Waals surface area (Å²) in [5, 5.41) is 0. The molecular formula is C30H40O4. The van der Waals surface area contributed by atoms with Gasteiger partial charge in [-0.1, -0.05) is 16.7 Å². The second-order valence-corrected chi connectivity index (χ2v) is 12.0. The van der Waals surface area contributed by atoms with E-state index in [2.05, 4.69) is 0 Å². The van der Waals surface area contributed by atoms with Crippen LogP contribution in [-0.2, 0) is 19.2 Å². The smallest absolute Gasteiger partial charge is 0.155 e. The molecule has 3 saturated carbocycles. The van der Waals surface area contributed by atoms with E-state index in [1.807, 2.05) is 6.08 Å². The lowest BCUT2D eigenvalue weighted by Crippen LogP contribution is -2.26. The molecule has 6 aliphatic carbocycles. The van der Waals surface area contributed by atoms with E-state index in [0.717, 1.165) is 95.3 Å². The molecule has 0 aromatic rings. The maximum atomic E-state index is 11.4. The summed E-state index contributed by atoms with van der Waals surface area (Å²) >= 11 is 0. The second-order valence-electron chi connectivity index (χ2n) is 12.0. The molecule has 5 atom stereocenters. The van der Waals surface area contributed by atoms with Crippen LogP contribution >= 0.6 is 0 Å². The Morgan fingerprint density at radius 3 is 1.88 bits per heavy atom. The molecule has 3 fully saturated rings. The van der Waals surface area contributed by atoms with Gasteiger partial charge in [-0.3, -0.25) is 19.2 Å². The third kappa shape index (κ3) is 5.52. The van der Waals surface area contributed by atoms with Gasteiger partial charge in [0.25, 0.3) is 0 Å². The van der Waals surface area contributed by atoms with Crippen LogP contribution in [-0.4, -0.2) is 23.1 Å². The van der Waals surface area contributed by atoms with Crippen LogP contribution in [0.1, 0.15) is 109 Å². The second kappa shape index (κ2) is 10.4. The molecular weight excluding hydrogens is 424 g/mol. The summed E-state index contributed by atoms with van der Waals surface area (Å²) in [6, 6.07) is 0. The molecule has 0 radical (unpaired) electrons. The summed E-state index contributed by atoms with van der Waals surface area (Å²) in [5.74, 6) is 5.12. The monoisotopic (exact) mass is 464 g/mol. The molecule has 0 heterocycles. The molecule has 4 nitrogen and oxygen atoms in total. The van der Waals surface area contributed by atoms with Gasteiger partial charge in [0.15, 0.2) is 5.78 Å². The van der Waals surface area contributed by atoms with Crippen molar-refractivity contribution in [1.29, 1.82) is 0 Å². The summed E-state index contributed by atoms with van der Waals surface area (Å²) in [6.45, 7) is 0. The van der Waals surface area contributed by atoms with E-state index in [4.69, 9.17) is 0 Å². The van der Waals surface area contributed by atoms with Crippen LogP contribution in [0.3, 0.4) is 0 Å². The van der Waals surface area contributed by atoms with Crippen LogP contribution in [0, 0.1) is 29.6 Å². The number of fused-ring (bicyclic) bond motifs is 1. The lowest BCUT2D eigenvalue weighted by Gasteiger charge is -2.36. The molecule has 0 spiro atoms. The number of carbonyl (C=O) groups excluding carboxylic acids is 4. The van der Waals surface area contributed by atoms with E-state index in [9.17, 15) is 19.2 Å². The van der Waals surface area contributed by atoms with Gasteiger partial charge in [-0.2, -0.15) is 0 Å². The van der Waals surface area contributed by atoms with E-state index in [-0.39, 0.29) is 0 Å². The van der Waals surface area contributed by atoms with Crippen LogP contribution in [0.25, 0.3) is 0 Å². The average Bonchev–Trinajstić information content (AvgIpc) is 3.47. The van der Waals surface area contributed by atoms with Crippen molar-refractivity contribution < 1.29 is 19.2 Å². The van der Waals surface area contributed by atoms with Crippen LogP contribution in [0.5, 0.6) is 0 Å². The number of allylic oxidation sites excluding steroid dienone is 4. The van der Waals surface area contributed by atoms with Gasteiger partial charge in [0.2, 0.25) is 0 Å². The summed E-state index contributed by atoms with van der Waals surface area (Å²) in [7, 11) is 0. The normalized spacial score (nSPS) is 36.0. The highest BCUT2D eigenvalue weighted by Gasteiger charge is 2.36.